The van der Waals surface area contributed by atoms with E-state index in [0.717, 1.165) is 23.1 Å². The summed E-state index contributed by atoms with van der Waals surface area (Å²) >= 11 is 0. The molecule has 108 valence electrons. The van der Waals surface area contributed by atoms with Crippen LogP contribution in [0.5, 0.6) is 5.75 Å². The van der Waals surface area contributed by atoms with E-state index < -0.39 is 6.10 Å². The number of hydrogen-bond acceptors (Lipinski definition) is 3. The van der Waals surface area contributed by atoms with Crippen LogP contribution in [0.15, 0.2) is 59.0 Å². The highest BCUT2D eigenvalue weighted by atomic mass is 16.5. The van der Waals surface area contributed by atoms with Crippen molar-refractivity contribution in [3.8, 4) is 5.75 Å². The van der Waals surface area contributed by atoms with Crippen LogP contribution in [-0.2, 0) is 6.42 Å². The number of rotatable bonds is 5. The summed E-state index contributed by atoms with van der Waals surface area (Å²) in [6.07, 6.45) is 0.227. The lowest BCUT2D eigenvalue weighted by atomic mass is 10.2. The lowest BCUT2D eigenvalue weighted by molar-refractivity contribution is 0.0903. The average Bonchev–Trinajstić information content (AvgIpc) is 2.97. The van der Waals surface area contributed by atoms with Crippen LogP contribution in [0.4, 0.5) is 0 Å². The first-order chi connectivity index (χ1) is 10.3. The minimum absolute atomic E-state index is 0.172. The molecule has 0 bridgehead atoms. The molecule has 0 aliphatic heterocycles. The molecule has 0 aliphatic rings. The summed E-state index contributed by atoms with van der Waals surface area (Å²) in [4.78, 5) is 0. The molecule has 0 fully saturated rings. The number of ether oxygens (including phenoxy) is 1. The quantitative estimate of drug-likeness (QED) is 0.766. The minimum Gasteiger partial charge on any atom is -0.490 e. The monoisotopic (exact) mass is 282 g/mol. The summed E-state index contributed by atoms with van der Waals surface area (Å²) in [5.41, 5.74) is 2.04. The van der Waals surface area contributed by atoms with Crippen LogP contribution in [0.1, 0.15) is 24.4 Å². The molecule has 21 heavy (non-hydrogen) atoms. The van der Waals surface area contributed by atoms with Gasteiger partial charge >= 0.3 is 0 Å². The Balaban J connectivity index is 1.66. The zero-order chi connectivity index (χ0) is 14.7. The van der Waals surface area contributed by atoms with Crippen LogP contribution in [0.3, 0.4) is 0 Å². The fourth-order valence-corrected chi connectivity index (χ4v) is 2.25. The number of aliphatic hydroxyl groups is 1. The molecule has 1 heterocycles. The van der Waals surface area contributed by atoms with Crippen LogP contribution in [0.2, 0.25) is 0 Å². The first-order valence-corrected chi connectivity index (χ1v) is 7.14. The molecule has 0 radical (unpaired) electrons. The fourth-order valence-electron chi connectivity index (χ4n) is 2.25. The van der Waals surface area contributed by atoms with Gasteiger partial charge in [0.2, 0.25) is 0 Å². The van der Waals surface area contributed by atoms with Gasteiger partial charge in [-0.15, -0.1) is 0 Å². The molecular weight excluding hydrogens is 264 g/mol. The Hall–Kier alpha value is -2.26. The third kappa shape index (κ3) is 3.09. The maximum Gasteiger partial charge on any atom is 0.145 e. The van der Waals surface area contributed by atoms with Gasteiger partial charge in [-0.25, -0.2) is 0 Å². The molecule has 3 heteroatoms. The zero-order valence-electron chi connectivity index (χ0n) is 12.0. The van der Waals surface area contributed by atoms with Crippen molar-refractivity contribution in [3.63, 3.8) is 0 Å². The lowest BCUT2D eigenvalue weighted by Crippen LogP contribution is -2.08. The van der Waals surface area contributed by atoms with E-state index in [9.17, 15) is 5.11 Å². The number of aryl methyl sites for hydroxylation is 1. The standard InChI is InChI=1S/C18H18O3/c1-2-13-7-9-15(10-8-13)20-12-16(19)18-11-14-5-3-4-6-17(14)21-18/h3-11,16,19H,2,12H2,1H3. The summed E-state index contributed by atoms with van der Waals surface area (Å²) in [6.45, 7) is 2.28. The molecule has 3 nitrogen and oxygen atoms in total. The highest BCUT2D eigenvalue weighted by Gasteiger charge is 2.14. The summed E-state index contributed by atoms with van der Waals surface area (Å²) in [6, 6.07) is 17.5. The largest absolute Gasteiger partial charge is 0.490 e. The molecule has 2 aromatic carbocycles. The Morgan fingerprint density at radius 1 is 1.10 bits per heavy atom. The van der Waals surface area contributed by atoms with Crippen molar-refractivity contribution < 1.29 is 14.3 Å². The molecule has 0 saturated carbocycles. The normalized spacial score (nSPS) is 12.5. The van der Waals surface area contributed by atoms with E-state index in [-0.39, 0.29) is 6.61 Å². The summed E-state index contributed by atoms with van der Waals surface area (Å²) in [5, 5.41) is 11.1. The van der Waals surface area contributed by atoms with E-state index in [1.807, 2.05) is 54.6 Å². The Kier molecular flexibility index (Phi) is 3.93. The Bertz CT molecular complexity index is 680. The smallest absolute Gasteiger partial charge is 0.145 e. The SMILES string of the molecule is CCc1ccc(OCC(O)c2cc3ccccc3o2)cc1. The van der Waals surface area contributed by atoms with E-state index in [1.165, 1.54) is 5.56 Å². The zero-order valence-corrected chi connectivity index (χ0v) is 12.0. The van der Waals surface area contributed by atoms with Gasteiger partial charge in [-0.1, -0.05) is 37.3 Å². The third-order valence-electron chi connectivity index (χ3n) is 3.51. The van der Waals surface area contributed by atoms with Crippen LogP contribution < -0.4 is 4.74 Å². The van der Waals surface area contributed by atoms with E-state index in [2.05, 4.69) is 6.92 Å². The molecule has 1 aromatic heterocycles. The summed E-state index contributed by atoms with van der Waals surface area (Å²) in [5.74, 6) is 1.28. The van der Waals surface area contributed by atoms with Gasteiger partial charge in [0, 0.05) is 5.39 Å². The number of benzene rings is 2. The van der Waals surface area contributed by atoms with Crippen molar-refractivity contribution in [3.05, 3.63) is 65.9 Å². The highest BCUT2D eigenvalue weighted by Crippen LogP contribution is 2.24. The van der Waals surface area contributed by atoms with Gasteiger partial charge in [0.1, 0.15) is 29.8 Å². The first kappa shape index (κ1) is 13.7. The van der Waals surface area contributed by atoms with Crippen molar-refractivity contribution in [1.29, 1.82) is 0 Å². The Labute approximate surface area is 123 Å². The number of hydrogen-bond donors (Lipinski definition) is 1. The first-order valence-electron chi connectivity index (χ1n) is 7.14. The average molecular weight is 282 g/mol. The van der Waals surface area contributed by atoms with Crippen molar-refractivity contribution in [2.24, 2.45) is 0 Å². The second kappa shape index (κ2) is 6.02. The van der Waals surface area contributed by atoms with E-state index in [1.54, 1.807) is 0 Å². The fraction of sp³-hybridized carbons (Fsp3) is 0.222. The van der Waals surface area contributed by atoms with Gasteiger partial charge in [-0.2, -0.15) is 0 Å². The predicted octanol–water partition coefficient (Wildman–Crippen LogP) is 4.11. The van der Waals surface area contributed by atoms with Gasteiger partial charge in [-0.3, -0.25) is 0 Å². The molecule has 0 aliphatic carbocycles. The molecule has 1 atom stereocenters. The number of fused-ring (bicyclic) bond motifs is 1. The van der Waals surface area contributed by atoms with Gasteiger partial charge in [-0.05, 0) is 36.2 Å². The molecule has 0 saturated heterocycles. The van der Waals surface area contributed by atoms with E-state index >= 15 is 0 Å². The van der Waals surface area contributed by atoms with Crippen molar-refractivity contribution in [2.75, 3.05) is 6.61 Å². The molecule has 0 amide bonds. The molecule has 0 spiro atoms. The second-order valence-electron chi connectivity index (χ2n) is 5.01. The van der Waals surface area contributed by atoms with Gasteiger partial charge < -0.3 is 14.3 Å². The third-order valence-corrected chi connectivity index (χ3v) is 3.51. The maximum absolute atomic E-state index is 10.2. The van der Waals surface area contributed by atoms with Crippen LogP contribution in [-0.4, -0.2) is 11.7 Å². The molecule has 3 aromatic rings. The topological polar surface area (TPSA) is 42.6 Å². The van der Waals surface area contributed by atoms with Gasteiger partial charge in [0.15, 0.2) is 0 Å². The van der Waals surface area contributed by atoms with Gasteiger partial charge in [0.05, 0.1) is 0 Å². The van der Waals surface area contributed by atoms with Crippen molar-refractivity contribution >= 4 is 11.0 Å². The number of furan rings is 1. The molecule has 1 unspecified atom stereocenters. The Morgan fingerprint density at radius 3 is 2.57 bits per heavy atom. The van der Waals surface area contributed by atoms with E-state index in [4.69, 9.17) is 9.15 Å². The Morgan fingerprint density at radius 2 is 1.86 bits per heavy atom. The maximum atomic E-state index is 10.2. The molecule has 1 N–H and O–H groups in total. The predicted molar refractivity (Wildman–Crippen MR) is 82.5 cm³/mol. The van der Waals surface area contributed by atoms with E-state index in [0.29, 0.717) is 5.76 Å². The molecular formula is C18H18O3. The second-order valence-corrected chi connectivity index (χ2v) is 5.01. The lowest BCUT2D eigenvalue weighted by Gasteiger charge is -2.10. The van der Waals surface area contributed by atoms with Gasteiger partial charge in [0.25, 0.3) is 0 Å². The summed E-state index contributed by atoms with van der Waals surface area (Å²) in [7, 11) is 0. The van der Waals surface area contributed by atoms with Crippen molar-refractivity contribution in [1.82, 2.24) is 0 Å². The minimum atomic E-state index is -0.775. The van der Waals surface area contributed by atoms with Crippen LogP contribution in [0.25, 0.3) is 11.0 Å². The van der Waals surface area contributed by atoms with Crippen LogP contribution >= 0.6 is 0 Å². The van der Waals surface area contributed by atoms with Crippen LogP contribution in [0, 0.1) is 0 Å². The number of aliphatic hydroxyl groups excluding tert-OH is 1. The number of para-hydroxylation sites is 1. The highest BCUT2D eigenvalue weighted by molar-refractivity contribution is 5.77. The molecule has 3 rings (SSSR count). The van der Waals surface area contributed by atoms with Crippen molar-refractivity contribution in [2.45, 2.75) is 19.4 Å². The summed E-state index contributed by atoms with van der Waals surface area (Å²) < 4.78 is 11.2.